The molecule has 0 radical (unpaired) electrons. The quantitative estimate of drug-likeness (QED) is 0.377. The highest BCUT2D eigenvalue weighted by molar-refractivity contribution is 5.67. The lowest BCUT2D eigenvalue weighted by Crippen LogP contribution is -2.05. The highest BCUT2D eigenvalue weighted by Gasteiger charge is 2.15. The molecule has 0 aromatic heterocycles. The van der Waals surface area contributed by atoms with Gasteiger partial charge in [-0.2, -0.15) is 4.39 Å². The van der Waals surface area contributed by atoms with Crippen LogP contribution < -0.4 is 4.74 Å². The SMILES string of the molecule is CCCC1CC=C(CC/C=C/c2ccc(-c3ccc(OCC)c(F)c3F)cc2)CC1. The molecule has 3 rings (SSSR count). The predicted molar refractivity (Wildman–Crippen MR) is 122 cm³/mol. The zero-order valence-corrected chi connectivity index (χ0v) is 18.1. The van der Waals surface area contributed by atoms with Gasteiger partial charge in [-0.05, 0) is 68.2 Å². The lowest BCUT2D eigenvalue weighted by atomic mass is 9.85. The van der Waals surface area contributed by atoms with Gasteiger partial charge in [0.1, 0.15) is 0 Å². The molecule has 0 aliphatic heterocycles. The van der Waals surface area contributed by atoms with Gasteiger partial charge in [0.05, 0.1) is 6.61 Å². The Morgan fingerprint density at radius 1 is 1.03 bits per heavy atom. The highest BCUT2D eigenvalue weighted by Crippen LogP contribution is 2.31. The van der Waals surface area contributed by atoms with Crippen molar-refractivity contribution in [2.24, 2.45) is 5.92 Å². The minimum atomic E-state index is -0.934. The average molecular weight is 411 g/mol. The summed E-state index contributed by atoms with van der Waals surface area (Å²) in [7, 11) is 0. The molecular weight excluding hydrogens is 378 g/mol. The first-order chi connectivity index (χ1) is 14.6. The summed E-state index contributed by atoms with van der Waals surface area (Å²) >= 11 is 0. The first-order valence-corrected chi connectivity index (χ1v) is 11.2. The number of hydrogen-bond donors (Lipinski definition) is 0. The van der Waals surface area contributed by atoms with Crippen molar-refractivity contribution >= 4 is 6.08 Å². The van der Waals surface area contributed by atoms with Gasteiger partial charge in [-0.25, -0.2) is 4.39 Å². The van der Waals surface area contributed by atoms with Gasteiger partial charge in [0.25, 0.3) is 0 Å². The minimum Gasteiger partial charge on any atom is -0.491 e. The first-order valence-electron chi connectivity index (χ1n) is 11.2. The fourth-order valence-electron chi connectivity index (χ4n) is 4.12. The minimum absolute atomic E-state index is 0.0488. The fourth-order valence-corrected chi connectivity index (χ4v) is 4.12. The number of halogens is 2. The highest BCUT2D eigenvalue weighted by atomic mass is 19.2. The average Bonchev–Trinajstić information content (AvgIpc) is 2.77. The molecule has 0 saturated heterocycles. The van der Waals surface area contributed by atoms with Crippen LogP contribution in [0.4, 0.5) is 8.78 Å². The van der Waals surface area contributed by atoms with Crippen molar-refractivity contribution in [3.63, 3.8) is 0 Å². The molecule has 1 aliphatic carbocycles. The fraction of sp³-hybridized carbons (Fsp3) is 0.407. The van der Waals surface area contributed by atoms with Crippen LogP contribution >= 0.6 is 0 Å². The van der Waals surface area contributed by atoms with Crippen molar-refractivity contribution in [1.29, 1.82) is 0 Å². The molecular formula is C27H32F2O. The first kappa shape index (κ1) is 22.3. The maximum atomic E-state index is 14.4. The van der Waals surface area contributed by atoms with Crippen LogP contribution in [0.2, 0.25) is 0 Å². The standard InChI is InChI=1S/C27H32F2O/c1-3-7-20-10-12-21(13-11-20)8-5-6-9-22-14-16-23(17-15-22)24-18-19-25(30-4-2)27(29)26(24)28/h6,9,12,14-20H,3-5,7-8,10-11,13H2,1-2H3/b9-6+. The van der Waals surface area contributed by atoms with E-state index in [0.717, 1.165) is 24.3 Å². The van der Waals surface area contributed by atoms with Crippen LogP contribution in [0.3, 0.4) is 0 Å². The number of ether oxygens (including phenoxy) is 1. The second kappa shape index (κ2) is 11.1. The summed E-state index contributed by atoms with van der Waals surface area (Å²) < 4.78 is 33.6. The Morgan fingerprint density at radius 3 is 2.50 bits per heavy atom. The molecule has 2 aromatic rings. The van der Waals surface area contributed by atoms with Crippen LogP contribution in [0.1, 0.15) is 64.4 Å². The van der Waals surface area contributed by atoms with E-state index in [1.54, 1.807) is 18.6 Å². The van der Waals surface area contributed by atoms with Crippen LogP contribution in [-0.4, -0.2) is 6.61 Å². The van der Waals surface area contributed by atoms with Crippen LogP contribution in [0.15, 0.2) is 54.1 Å². The number of allylic oxidation sites excluding steroid dienone is 3. The molecule has 1 aliphatic rings. The Bertz CT molecular complexity index is 880. The summed E-state index contributed by atoms with van der Waals surface area (Å²) in [5, 5.41) is 0. The van der Waals surface area contributed by atoms with Crippen LogP contribution in [0, 0.1) is 17.6 Å². The summed E-state index contributed by atoms with van der Waals surface area (Å²) in [6.07, 6.45) is 15.4. The van der Waals surface area contributed by atoms with E-state index in [1.807, 2.05) is 24.3 Å². The molecule has 0 spiro atoms. The lowest BCUT2D eigenvalue weighted by Gasteiger charge is -2.21. The molecule has 0 heterocycles. The summed E-state index contributed by atoms with van der Waals surface area (Å²) in [6, 6.07) is 10.6. The van der Waals surface area contributed by atoms with Crippen molar-refractivity contribution in [3.8, 4) is 16.9 Å². The molecule has 30 heavy (non-hydrogen) atoms. The van der Waals surface area contributed by atoms with Gasteiger partial charge in [-0.3, -0.25) is 0 Å². The summed E-state index contributed by atoms with van der Waals surface area (Å²) in [4.78, 5) is 0. The number of benzene rings is 2. The van der Waals surface area contributed by atoms with Crippen molar-refractivity contribution < 1.29 is 13.5 Å². The van der Waals surface area contributed by atoms with Gasteiger partial charge >= 0.3 is 0 Å². The molecule has 0 fully saturated rings. The summed E-state index contributed by atoms with van der Waals surface area (Å²) in [5.74, 6) is -0.962. The number of hydrogen-bond acceptors (Lipinski definition) is 1. The summed E-state index contributed by atoms with van der Waals surface area (Å²) in [6.45, 7) is 4.31. The van der Waals surface area contributed by atoms with E-state index in [4.69, 9.17) is 4.74 Å². The van der Waals surface area contributed by atoms with E-state index in [-0.39, 0.29) is 11.3 Å². The van der Waals surface area contributed by atoms with Crippen molar-refractivity contribution in [1.82, 2.24) is 0 Å². The Balaban J connectivity index is 1.56. The second-order valence-electron chi connectivity index (χ2n) is 8.03. The maximum absolute atomic E-state index is 14.4. The summed E-state index contributed by atoms with van der Waals surface area (Å²) in [5.41, 5.74) is 3.55. The van der Waals surface area contributed by atoms with Crippen LogP contribution in [0.25, 0.3) is 17.2 Å². The number of rotatable bonds is 9. The van der Waals surface area contributed by atoms with E-state index in [9.17, 15) is 8.78 Å². The molecule has 0 saturated carbocycles. The van der Waals surface area contributed by atoms with Gasteiger partial charge in [-0.15, -0.1) is 0 Å². The lowest BCUT2D eigenvalue weighted by molar-refractivity contribution is 0.314. The Kier molecular flexibility index (Phi) is 8.24. The molecule has 160 valence electrons. The third kappa shape index (κ3) is 5.81. The third-order valence-electron chi connectivity index (χ3n) is 5.82. The van der Waals surface area contributed by atoms with Crippen LogP contribution in [0.5, 0.6) is 5.75 Å². The van der Waals surface area contributed by atoms with E-state index in [0.29, 0.717) is 12.2 Å². The van der Waals surface area contributed by atoms with Gasteiger partial charge in [0, 0.05) is 5.56 Å². The van der Waals surface area contributed by atoms with Crippen molar-refractivity contribution in [2.45, 2.75) is 58.8 Å². The zero-order valence-electron chi connectivity index (χ0n) is 18.1. The molecule has 1 unspecified atom stereocenters. The topological polar surface area (TPSA) is 9.23 Å². The monoisotopic (exact) mass is 410 g/mol. The van der Waals surface area contributed by atoms with E-state index in [2.05, 4.69) is 25.2 Å². The molecule has 2 aromatic carbocycles. The second-order valence-corrected chi connectivity index (χ2v) is 8.03. The van der Waals surface area contributed by atoms with E-state index >= 15 is 0 Å². The third-order valence-corrected chi connectivity index (χ3v) is 5.82. The van der Waals surface area contributed by atoms with Gasteiger partial charge in [-0.1, -0.05) is 67.8 Å². The van der Waals surface area contributed by atoms with E-state index in [1.165, 1.54) is 38.2 Å². The molecule has 0 bridgehead atoms. The Labute approximate surface area is 179 Å². The van der Waals surface area contributed by atoms with Gasteiger partial charge < -0.3 is 4.74 Å². The molecule has 3 heteroatoms. The largest absolute Gasteiger partial charge is 0.491 e. The molecule has 1 atom stereocenters. The normalized spacial score (nSPS) is 16.7. The maximum Gasteiger partial charge on any atom is 0.201 e. The molecule has 0 amide bonds. The van der Waals surface area contributed by atoms with Crippen molar-refractivity contribution in [3.05, 3.63) is 71.3 Å². The van der Waals surface area contributed by atoms with E-state index < -0.39 is 11.6 Å². The van der Waals surface area contributed by atoms with Gasteiger partial charge in [0.15, 0.2) is 11.6 Å². The molecule has 0 N–H and O–H groups in total. The van der Waals surface area contributed by atoms with Crippen LogP contribution in [-0.2, 0) is 0 Å². The Morgan fingerprint density at radius 2 is 1.83 bits per heavy atom. The Hall–Kier alpha value is -2.42. The smallest absolute Gasteiger partial charge is 0.201 e. The van der Waals surface area contributed by atoms with Gasteiger partial charge in [0.2, 0.25) is 5.82 Å². The zero-order chi connectivity index (χ0) is 21.3. The molecule has 1 nitrogen and oxygen atoms in total. The predicted octanol–water partition coefficient (Wildman–Crippen LogP) is 8.35. The van der Waals surface area contributed by atoms with Crippen molar-refractivity contribution in [2.75, 3.05) is 6.61 Å².